The normalized spacial score (nSPS) is 37.8. The second-order valence-electron chi connectivity index (χ2n) is 12.8. The van der Waals surface area contributed by atoms with E-state index in [1.165, 1.54) is 12.1 Å². The van der Waals surface area contributed by atoms with Crippen LogP contribution in [0.3, 0.4) is 0 Å². The van der Waals surface area contributed by atoms with Crippen molar-refractivity contribution in [2.75, 3.05) is 11.9 Å². The molecule has 1 saturated heterocycles. The number of hydrogen-bond donors (Lipinski definition) is 0. The number of anilines is 1. The molecular weight excluding hydrogens is 454 g/mol. The first-order valence-corrected chi connectivity index (χ1v) is 13.8. The monoisotopic (exact) mass is 495 g/mol. The number of fused-ring (bicyclic) bond motifs is 5. The molecule has 0 bridgehead atoms. The Hall–Kier alpha value is -2.44. The third-order valence-electron chi connectivity index (χ3n) is 10.9. The zero-order valence-electron chi connectivity index (χ0n) is 22.4. The van der Waals surface area contributed by atoms with Crippen LogP contribution in [0.4, 0.5) is 11.4 Å². The molecule has 0 spiro atoms. The summed E-state index contributed by atoms with van der Waals surface area (Å²) in [6.45, 7) is 8.73. The van der Waals surface area contributed by atoms with Gasteiger partial charge in [0.15, 0.2) is 0 Å². The van der Waals surface area contributed by atoms with Crippen molar-refractivity contribution >= 4 is 23.2 Å². The van der Waals surface area contributed by atoms with E-state index in [1.807, 2.05) is 30.7 Å². The highest BCUT2D eigenvalue weighted by molar-refractivity contribution is 5.95. The van der Waals surface area contributed by atoms with Crippen LogP contribution in [-0.2, 0) is 9.59 Å². The molecule has 7 nitrogen and oxygen atoms in total. The van der Waals surface area contributed by atoms with Gasteiger partial charge in [-0.25, -0.2) is 0 Å². The van der Waals surface area contributed by atoms with Gasteiger partial charge in [-0.05, 0) is 85.7 Å². The number of nitrogens with zero attached hydrogens (tertiary/aromatic N) is 3. The van der Waals surface area contributed by atoms with Crippen molar-refractivity contribution in [3.05, 3.63) is 34.4 Å². The Morgan fingerprint density at radius 2 is 1.69 bits per heavy atom. The standard InChI is InChI=1S/C29H41N3O4/c1-18(2)27(34)31(19-6-8-20(9-7-19)32(35)36)25-13-11-22-21-10-12-24-28(3,17-15-26(33)30(24)5)23(21)14-16-29(22,25)4/h6-9,18,21-25H,10-17H2,1-5H3/t21?,22?,23?,24-,25+,28-,29+/m1/s1. The van der Waals surface area contributed by atoms with Crippen molar-refractivity contribution in [1.82, 2.24) is 4.90 Å². The van der Waals surface area contributed by atoms with Crippen LogP contribution in [0.1, 0.15) is 79.1 Å². The van der Waals surface area contributed by atoms with Crippen LogP contribution >= 0.6 is 0 Å². The minimum atomic E-state index is -0.389. The third-order valence-corrected chi connectivity index (χ3v) is 10.9. The van der Waals surface area contributed by atoms with Crippen LogP contribution in [-0.4, -0.2) is 40.8 Å². The largest absolute Gasteiger partial charge is 0.342 e. The molecule has 0 N–H and O–H groups in total. The molecular formula is C29H41N3O4. The van der Waals surface area contributed by atoms with Crippen molar-refractivity contribution in [3.63, 3.8) is 0 Å². The molecule has 4 fully saturated rings. The van der Waals surface area contributed by atoms with E-state index in [0.29, 0.717) is 36.1 Å². The smallest absolute Gasteiger partial charge is 0.269 e. The van der Waals surface area contributed by atoms with Gasteiger partial charge < -0.3 is 9.80 Å². The highest BCUT2D eigenvalue weighted by Gasteiger charge is 2.62. The Kier molecular flexibility index (Phi) is 6.19. The van der Waals surface area contributed by atoms with Gasteiger partial charge >= 0.3 is 0 Å². The second kappa shape index (κ2) is 8.84. The summed E-state index contributed by atoms with van der Waals surface area (Å²) in [4.78, 5) is 40.9. The molecule has 1 aliphatic heterocycles. The Balaban J connectivity index is 1.46. The first kappa shape index (κ1) is 25.2. The van der Waals surface area contributed by atoms with E-state index in [4.69, 9.17) is 0 Å². The number of nitro groups is 1. The number of likely N-dealkylation sites (tertiary alicyclic amines) is 1. The van der Waals surface area contributed by atoms with Gasteiger partial charge in [0, 0.05) is 49.3 Å². The lowest BCUT2D eigenvalue weighted by molar-refractivity contribution is -0.384. The fraction of sp³-hybridized carbons (Fsp3) is 0.724. The molecule has 0 aromatic heterocycles. The van der Waals surface area contributed by atoms with Gasteiger partial charge in [0.2, 0.25) is 11.8 Å². The number of rotatable bonds is 4. The fourth-order valence-electron chi connectivity index (χ4n) is 9.02. The molecule has 4 aliphatic rings. The molecule has 2 amide bonds. The maximum absolute atomic E-state index is 13.6. The maximum atomic E-state index is 13.6. The first-order chi connectivity index (χ1) is 17.0. The van der Waals surface area contributed by atoms with Crippen molar-refractivity contribution in [2.45, 2.75) is 91.1 Å². The number of piperidine rings is 1. The molecule has 1 heterocycles. The number of amides is 2. The summed E-state index contributed by atoms with van der Waals surface area (Å²) in [6, 6.07) is 6.99. The molecule has 3 saturated carbocycles. The van der Waals surface area contributed by atoms with E-state index >= 15 is 0 Å². The van der Waals surface area contributed by atoms with E-state index in [0.717, 1.165) is 50.6 Å². The number of benzene rings is 1. The predicted octanol–water partition coefficient (Wildman–Crippen LogP) is 5.82. The molecule has 7 heteroatoms. The summed E-state index contributed by atoms with van der Waals surface area (Å²) in [7, 11) is 2.00. The molecule has 3 unspecified atom stereocenters. The van der Waals surface area contributed by atoms with Crippen molar-refractivity contribution < 1.29 is 14.5 Å². The lowest BCUT2D eigenvalue weighted by Gasteiger charge is -2.62. The molecule has 7 atom stereocenters. The highest BCUT2D eigenvalue weighted by Crippen LogP contribution is 2.65. The van der Waals surface area contributed by atoms with Crippen LogP contribution in [0.2, 0.25) is 0 Å². The van der Waals surface area contributed by atoms with Gasteiger partial charge in [-0.2, -0.15) is 0 Å². The quantitative estimate of drug-likeness (QED) is 0.389. The molecule has 3 aliphatic carbocycles. The summed E-state index contributed by atoms with van der Waals surface area (Å²) in [5.41, 5.74) is 1.02. The minimum absolute atomic E-state index is 0.0209. The van der Waals surface area contributed by atoms with Gasteiger partial charge in [-0.3, -0.25) is 19.7 Å². The van der Waals surface area contributed by atoms with E-state index in [9.17, 15) is 19.7 Å². The highest BCUT2D eigenvalue weighted by atomic mass is 16.6. The maximum Gasteiger partial charge on any atom is 0.269 e. The lowest BCUT2D eigenvalue weighted by Crippen LogP contribution is -2.62. The third kappa shape index (κ3) is 3.67. The van der Waals surface area contributed by atoms with Gasteiger partial charge in [0.1, 0.15) is 0 Å². The second-order valence-corrected chi connectivity index (χ2v) is 12.8. The average Bonchev–Trinajstić information content (AvgIpc) is 3.19. The predicted molar refractivity (Wildman–Crippen MR) is 139 cm³/mol. The van der Waals surface area contributed by atoms with Gasteiger partial charge in [0.25, 0.3) is 5.69 Å². The summed E-state index contributed by atoms with van der Waals surface area (Å²) in [5, 5.41) is 11.2. The van der Waals surface area contributed by atoms with Crippen LogP contribution in [0.25, 0.3) is 0 Å². The van der Waals surface area contributed by atoms with Gasteiger partial charge in [0.05, 0.1) is 4.92 Å². The minimum Gasteiger partial charge on any atom is -0.342 e. The van der Waals surface area contributed by atoms with Gasteiger partial charge in [-0.1, -0.05) is 27.7 Å². The van der Waals surface area contributed by atoms with E-state index in [-0.39, 0.29) is 39.3 Å². The number of nitro benzene ring substituents is 1. The zero-order chi connectivity index (χ0) is 26.0. The number of non-ortho nitro benzene ring substituents is 1. The van der Waals surface area contributed by atoms with Crippen LogP contribution in [0, 0.1) is 44.6 Å². The summed E-state index contributed by atoms with van der Waals surface area (Å²) >= 11 is 0. The molecule has 196 valence electrons. The van der Waals surface area contributed by atoms with E-state index in [2.05, 4.69) is 13.8 Å². The van der Waals surface area contributed by atoms with Crippen LogP contribution < -0.4 is 4.90 Å². The molecule has 1 aromatic rings. The fourth-order valence-corrected chi connectivity index (χ4v) is 9.02. The topological polar surface area (TPSA) is 83.8 Å². The summed E-state index contributed by atoms with van der Waals surface area (Å²) < 4.78 is 0. The Bertz CT molecular complexity index is 1060. The first-order valence-electron chi connectivity index (χ1n) is 13.8. The van der Waals surface area contributed by atoms with Crippen LogP contribution in [0.15, 0.2) is 24.3 Å². The molecule has 0 radical (unpaired) electrons. The summed E-state index contributed by atoms with van der Waals surface area (Å²) in [6.07, 6.45) is 8.21. The zero-order valence-corrected chi connectivity index (χ0v) is 22.4. The number of hydrogen-bond acceptors (Lipinski definition) is 4. The molecule has 1 aromatic carbocycles. The summed E-state index contributed by atoms with van der Waals surface area (Å²) in [5.74, 6) is 2.05. The van der Waals surface area contributed by atoms with Crippen molar-refractivity contribution in [1.29, 1.82) is 0 Å². The van der Waals surface area contributed by atoms with Gasteiger partial charge in [-0.15, -0.1) is 0 Å². The Morgan fingerprint density at radius 3 is 2.33 bits per heavy atom. The van der Waals surface area contributed by atoms with Crippen LogP contribution in [0.5, 0.6) is 0 Å². The average molecular weight is 496 g/mol. The van der Waals surface area contributed by atoms with E-state index in [1.54, 1.807) is 12.1 Å². The molecule has 36 heavy (non-hydrogen) atoms. The van der Waals surface area contributed by atoms with Crippen molar-refractivity contribution in [3.8, 4) is 0 Å². The lowest BCUT2D eigenvalue weighted by atomic mass is 9.47. The van der Waals surface area contributed by atoms with E-state index < -0.39 is 0 Å². The number of carbonyl (C=O) groups excluding carboxylic acids is 2. The van der Waals surface area contributed by atoms with Crippen molar-refractivity contribution in [2.24, 2.45) is 34.5 Å². The Morgan fingerprint density at radius 1 is 1.03 bits per heavy atom. The number of carbonyl (C=O) groups is 2. The Labute approximate surface area is 214 Å². The SMILES string of the molecule is CC(C)C(=O)N(c1ccc([N+](=O)[O-])cc1)[C@H]1CCC2C3CC[C@H]4N(C)C(=O)CC[C@]4(C)C3CC[C@@]21C. The molecule has 5 rings (SSSR count).